The summed E-state index contributed by atoms with van der Waals surface area (Å²) in [5, 5.41) is 4.82. The van der Waals surface area contributed by atoms with Gasteiger partial charge in [0.2, 0.25) is 0 Å². The first kappa shape index (κ1) is 11.6. The van der Waals surface area contributed by atoms with Crippen molar-refractivity contribution in [3.05, 3.63) is 40.8 Å². The van der Waals surface area contributed by atoms with Gasteiger partial charge in [-0.15, -0.1) is 0 Å². The number of halogens is 1. The molecule has 0 amide bonds. The summed E-state index contributed by atoms with van der Waals surface area (Å²) >= 11 is 7.49. The Labute approximate surface area is 105 Å². The van der Waals surface area contributed by atoms with Gasteiger partial charge in [-0.05, 0) is 32.0 Å². The first-order valence-corrected chi connectivity index (χ1v) is 6.16. The maximum absolute atomic E-state index is 5.91. The van der Waals surface area contributed by atoms with Crippen LogP contribution in [0, 0.1) is 0 Å². The number of benzene rings is 1. The van der Waals surface area contributed by atoms with Crippen molar-refractivity contribution >= 4 is 34.2 Å². The highest BCUT2D eigenvalue weighted by Crippen LogP contribution is 2.37. The lowest BCUT2D eigenvalue weighted by atomic mass is 10.1. The summed E-state index contributed by atoms with van der Waals surface area (Å²) in [7, 11) is 0. The van der Waals surface area contributed by atoms with Crippen molar-refractivity contribution in [1.82, 2.24) is 0 Å². The predicted octanol–water partition coefficient (Wildman–Crippen LogP) is 4.15. The van der Waals surface area contributed by atoms with Gasteiger partial charge in [-0.3, -0.25) is 4.99 Å². The van der Waals surface area contributed by atoms with Gasteiger partial charge in [0.05, 0.1) is 5.54 Å². The molecule has 1 aliphatic rings. The fourth-order valence-electron chi connectivity index (χ4n) is 1.32. The molecule has 2 rings (SSSR count). The van der Waals surface area contributed by atoms with E-state index in [9.17, 15) is 0 Å². The van der Waals surface area contributed by atoms with E-state index in [1.165, 1.54) is 0 Å². The van der Waals surface area contributed by atoms with E-state index in [4.69, 9.17) is 11.6 Å². The molecule has 1 heterocycles. The highest BCUT2D eigenvalue weighted by Gasteiger charge is 2.29. The number of nitrogens with one attached hydrogen (secondary N) is 1. The zero-order valence-electron chi connectivity index (χ0n) is 9.25. The van der Waals surface area contributed by atoms with Crippen molar-refractivity contribution in [1.29, 1.82) is 0 Å². The maximum Gasteiger partial charge on any atom is 0.166 e. The highest BCUT2D eigenvalue weighted by atomic mass is 35.5. The lowest BCUT2D eigenvalue weighted by Crippen LogP contribution is -2.13. The highest BCUT2D eigenvalue weighted by molar-refractivity contribution is 8.17. The van der Waals surface area contributed by atoms with Gasteiger partial charge in [0.1, 0.15) is 0 Å². The molecule has 1 aliphatic heterocycles. The molecule has 0 spiro atoms. The smallest absolute Gasteiger partial charge is 0.166 e. The minimum absolute atomic E-state index is 0.189. The van der Waals surface area contributed by atoms with Crippen LogP contribution in [-0.4, -0.2) is 10.7 Å². The predicted molar refractivity (Wildman–Crippen MR) is 73.3 cm³/mol. The molecule has 84 valence electrons. The zero-order valence-corrected chi connectivity index (χ0v) is 10.8. The second-order valence-corrected chi connectivity index (χ2v) is 5.66. The van der Waals surface area contributed by atoms with Gasteiger partial charge < -0.3 is 5.32 Å². The van der Waals surface area contributed by atoms with Crippen molar-refractivity contribution in [3.8, 4) is 0 Å². The molecule has 0 atom stereocenters. The largest absolute Gasteiger partial charge is 0.335 e. The SMILES string of the molecule is C=C1SC(Nc2cccc(Cl)c2)=NC1(C)C. The van der Waals surface area contributed by atoms with E-state index < -0.39 is 0 Å². The molecule has 0 unspecified atom stereocenters. The average molecular weight is 253 g/mol. The standard InChI is InChI=1S/C12H13ClN2S/c1-8-12(2,3)15-11(16-8)14-10-6-4-5-9(13)7-10/h4-7H,1H2,2-3H3,(H,14,15). The monoisotopic (exact) mass is 252 g/mol. The van der Waals surface area contributed by atoms with Crippen LogP contribution in [0.15, 0.2) is 40.7 Å². The third-order valence-electron chi connectivity index (χ3n) is 2.36. The van der Waals surface area contributed by atoms with E-state index in [2.05, 4.69) is 30.7 Å². The minimum atomic E-state index is -0.189. The molecule has 1 aromatic carbocycles. The van der Waals surface area contributed by atoms with E-state index in [1.54, 1.807) is 11.8 Å². The normalized spacial score (nSPS) is 18.4. The van der Waals surface area contributed by atoms with Gasteiger partial charge in [0.15, 0.2) is 5.17 Å². The summed E-state index contributed by atoms with van der Waals surface area (Å²) in [6, 6.07) is 7.59. The second kappa shape index (κ2) is 4.15. The molecule has 0 fully saturated rings. The first-order valence-electron chi connectivity index (χ1n) is 4.97. The number of hydrogen-bond donors (Lipinski definition) is 1. The summed E-state index contributed by atoms with van der Waals surface area (Å²) in [5.74, 6) is 0. The van der Waals surface area contributed by atoms with E-state index in [0.29, 0.717) is 5.02 Å². The molecular formula is C12H13ClN2S. The average Bonchev–Trinajstić information content (AvgIpc) is 2.40. The van der Waals surface area contributed by atoms with E-state index in [0.717, 1.165) is 15.8 Å². The number of anilines is 1. The molecule has 0 saturated carbocycles. The van der Waals surface area contributed by atoms with Gasteiger partial charge in [0, 0.05) is 15.6 Å². The molecule has 4 heteroatoms. The molecule has 0 saturated heterocycles. The molecule has 0 aliphatic carbocycles. The summed E-state index contributed by atoms with van der Waals surface area (Å²) in [6.45, 7) is 8.10. The third-order valence-corrected chi connectivity index (χ3v) is 3.73. The van der Waals surface area contributed by atoms with Crippen LogP contribution in [0.25, 0.3) is 0 Å². The lowest BCUT2D eigenvalue weighted by molar-refractivity contribution is 0.657. The van der Waals surface area contributed by atoms with Crippen LogP contribution in [0.5, 0.6) is 0 Å². The van der Waals surface area contributed by atoms with Crippen molar-refractivity contribution in [2.24, 2.45) is 4.99 Å². The Morgan fingerprint density at radius 1 is 1.44 bits per heavy atom. The molecular weight excluding hydrogens is 240 g/mol. The molecule has 1 aromatic rings. The van der Waals surface area contributed by atoms with Gasteiger partial charge in [-0.2, -0.15) is 0 Å². The van der Waals surface area contributed by atoms with Crippen molar-refractivity contribution in [2.75, 3.05) is 5.32 Å². The Balaban J connectivity index is 2.16. The van der Waals surface area contributed by atoms with Gasteiger partial charge in [-0.25, -0.2) is 0 Å². The lowest BCUT2D eigenvalue weighted by Gasteiger charge is -2.12. The summed E-state index contributed by atoms with van der Waals surface area (Å²) in [5.41, 5.74) is 0.759. The fraction of sp³-hybridized carbons (Fsp3) is 0.250. The first-order chi connectivity index (χ1) is 7.47. The number of rotatable bonds is 1. The van der Waals surface area contributed by atoms with Crippen LogP contribution in [0.1, 0.15) is 13.8 Å². The van der Waals surface area contributed by atoms with E-state index in [1.807, 2.05) is 24.3 Å². The zero-order chi connectivity index (χ0) is 11.8. The van der Waals surface area contributed by atoms with Crippen LogP contribution in [-0.2, 0) is 0 Å². The van der Waals surface area contributed by atoms with Crippen LogP contribution < -0.4 is 5.32 Å². The summed E-state index contributed by atoms with van der Waals surface area (Å²) in [4.78, 5) is 5.61. The third kappa shape index (κ3) is 2.42. The quantitative estimate of drug-likeness (QED) is 0.812. The van der Waals surface area contributed by atoms with E-state index in [-0.39, 0.29) is 5.54 Å². The molecule has 0 radical (unpaired) electrons. The number of hydrogen-bond acceptors (Lipinski definition) is 3. The van der Waals surface area contributed by atoms with Crippen LogP contribution >= 0.6 is 23.4 Å². The Morgan fingerprint density at radius 3 is 2.75 bits per heavy atom. The molecule has 0 aromatic heterocycles. The van der Waals surface area contributed by atoms with Crippen molar-refractivity contribution in [2.45, 2.75) is 19.4 Å². The number of thioether (sulfide) groups is 1. The van der Waals surface area contributed by atoms with Crippen molar-refractivity contribution in [3.63, 3.8) is 0 Å². The Morgan fingerprint density at radius 2 is 2.19 bits per heavy atom. The van der Waals surface area contributed by atoms with Crippen LogP contribution in [0.2, 0.25) is 5.02 Å². The number of nitrogens with zero attached hydrogens (tertiary/aromatic N) is 1. The Hall–Kier alpha value is -0.930. The van der Waals surface area contributed by atoms with Crippen LogP contribution in [0.4, 0.5) is 5.69 Å². The Bertz CT molecular complexity index is 466. The molecule has 16 heavy (non-hydrogen) atoms. The fourth-order valence-corrected chi connectivity index (χ4v) is 2.49. The van der Waals surface area contributed by atoms with Gasteiger partial charge in [0.25, 0.3) is 0 Å². The summed E-state index contributed by atoms with van der Waals surface area (Å²) < 4.78 is 0. The maximum atomic E-state index is 5.91. The summed E-state index contributed by atoms with van der Waals surface area (Å²) in [6.07, 6.45) is 0. The van der Waals surface area contributed by atoms with Gasteiger partial charge >= 0.3 is 0 Å². The van der Waals surface area contributed by atoms with E-state index >= 15 is 0 Å². The second-order valence-electron chi connectivity index (χ2n) is 4.14. The number of aliphatic imine (C=N–C) groups is 1. The van der Waals surface area contributed by atoms with Crippen molar-refractivity contribution < 1.29 is 0 Å². The van der Waals surface area contributed by atoms with Gasteiger partial charge in [-0.1, -0.05) is 36.0 Å². The molecule has 1 N–H and O–H groups in total. The minimum Gasteiger partial charge on any atom is -0.335 e. The molecule has 2 nitrogen and oxygen atoms in total. The topological polar surface area (TPSA) is 24.4 Å². The number of amidine groups is 1. The Kier molecular flexibility index (Phi) is 3.00. The molecule has 0 bridgehead atoms. The van der Waals surface area contributed by atoms with Crippen LogP contribution in [0.3, 0.4) is 0 Å².